The summed E-state index contributed by atoms with van der Waals surface area (Å²) in [6, 6.07) is 7.62. The van der Waals surface area contributed by atoms with Crippen molar-refractivity contribution >= 4 is 5.78 Å². The van der Waals surface area contributed by atoms with E-state index in [0.717, 1.165) is 16.9 Å². The van der Waals surface area contributed by atoms with Crippen LogP contribution in [0.1, 0.15) is 38.6 Å². The minimum atomic E-state index is 0.0388. The highest BCUT2D eigenvalue weighted by atomic mass is 16.3. The molecule has 0 amide bonds. The zero-order chi connectivity index (χ0) is 12.6. The van der Waals surface area contributed by atoms with Gasteiger partial charge < -0.3 is 4.42 Å². The summed E-state index contributed by atoms with van der Waals surface area (Å²) in [5, 5.41) is 0. The first-order chi connectivity index (χ1) is 8.00. The summed E-state index contributed by atoms with van der Waals surface area (Å²) in [6.45, 7) is 7.65. The molecule has 0 bridgehead atoms. The molecule has 0 atom stereocenters. The number of carbonyl (C=O) groups is 1. The largest absolute Gasteiger partial charge is 0.466 e. The van der Waals surface area contributed by atoms with E-state index in [9.17, 15) is 4.79 Å². The zero-order valence-electron chi connectivity index (χ0n) is 10.6. The quantitative estimate of drug-likeness (QED) is 0.733. The van der Waals surface area contributed by atoms with Crippen LogP contribution in [0.2, 0.25) is 0 Å². The third-order valence-electron chi connectivity index (χ3n) is 3.10. The van der Waals surface area contributed by atoms with Crippen molar-refractivity contribution in [3.63, 3.8) is 0 Å². The summed E-state index contributed by atoms with van der Waals surface area (Å²) >= 11 is 0. The number of hydrogen-bond acceptors (Lipinski definition) is 2. The molecule has 0 radical (unpaired) electrons. The highest BCUT2D eigenvalue weighted by molar-refractivity contribution is 6.10. The van der Waals surface area contributed by atoms with Gasteiger partial charge in [0.15, 0.2) is 5.78 Å². The van der Waals surface area contributed by atoms with Crippen molar-refractivity contribution in [1.29, 1.82) is 0 Å². The van der Waals surface area contributed by atoms with Crippen molar-refractivity contribution in [3.8, 4) is 0 Å². The third kappa shape index (κ3) is 2.03. The molecule has 1 aromatic carbocycles. The van der Waals surface area contributed by atoms with Gasteiger partial charge in [-0.2, -0.15) is 0 Å². The molecule has 0 aliphatic carbocycles. The Labute approximate surface area is 101 Å². The summed E-state index contributed by atoms with van der Waals surface area (Å²) in [6.07, 6.45) is 0. The molecule has 0 fully saturated rings. The summed E-state index contributed by atoms with van der Waals surface area (Å²) in [7, 11) is 0. The van der Waals surface area contributed by atoms with Gasteiger partial charge in [-0.25, -0.2) is 0 Å². The summed E-state index contributed by atoms with van der Waals surface area (Å²) in [4.78, 5) is 12.4. The lowest BCUT2D eigenvalue weighted by Gasteiger charge is -2.01. The van der Waals surface area contributed by atoms with Crippen molar-refractivity contribution in [2.75, 3.05) is 0 Å². The normalized spacial score (nSPS) is 10.6. The maximum atomic E-state index is 12.4. The van der Waals surface area contributed by atoms with E-state index in [1.54, 1.807) is 0 Å². The number of rotatable bonds is 2. The summed E-state index contributed by atoms with van der Waals surface area (Å²) in [5.74, 6) is 1.56. The Balaban J connectivity index is 2.47. The first kappa shape index (κ1) is 11.6. The number of hydrogen-bond donors (Lipinski definition) is 0. The van der Waals surface area contributed by atoms with Gasteiger partial charge in [0.2, 0.25) is 0 Å². The second-order valence-corrected chi connectivity index (χ2v) is 4.41. The van der Waals surface area contributed by atoms with E-state index >= 15 is 0 Å². The van der Waals surface area contributed by atoms with Crippen LogP contribution in [0.25, 0.3) is 0 Å². The van der Waals surface area contributed by atoms with Gasteiger partial charge in [-0.05, 0) is 27.7 Å². The molecule has 0 unspecified atom stereocenters. The van der Waals surface area contributed by atoms with Gasteiger partial charge in [-0.15, -0.1) is 0 Å². The molecule has 17 heavy (non-hydrogen) atoms. The average Bonchev–Trinajstić information content (AvgIpc) is 2.53. The second kappa shape index (κ2) is 4.21. The topological polar surface area (TPSA) is 30.2 Å². The van der Waals surface area contributed by atoms with Crippen molar-refractivity contribution in [2.45, 2.75) is 27.7 Å². The predicted octanol–water partition coefficient (Wildman–Crippen LogP) is 3.74. The van der Waals surface area contributed by atoms with E-state index in [1.165, 1.54) is 0 Å². The maximum absolute atomic E-state index is 12.4. The van der Waals surface area contributed by atoms with Crippen LogP contribution in [0, 0.1) is 27.7 Å². The minimum Gasteiger partial charge on any atom is -0.466 e. The number of furan rings is 1. The van der Waals surface area contributed by atoms with Crippen LogP contribution >= 0.6 is 0 Å². The molecular weight excluding hydrogens is 212 g/mol. The van der Waals surface area contributed by atoms with Crippen molar-refractivity contribution in [2.24, 2.45) is 0 Å². The molecule has 1 heterocycles. The fourth-order valence-electron chi connectivity index (χ4n) is 1.98. The van der Waals surface area contributed by atoms with E-state index in [1.807, 2.05) is 52.0 Å². The number of carbonyl (C=O) groups excluding carboxylic acids is 1. The van der Waals surface area contributed by atoms with Gasteiger partial charge in [0.25, 0.3) is 0 Å². The standard InChI is InChI=1S/C15H16O2/c1-9-5-7-13(8-6-9)15(16)14-10(2)11(3)17-12(14)4/h5-8H,1-4H3. The molecule has 0 saturated carbocycles. The van der Waals surface area contributed by atoms with E-state index in [4.69, 9.17) is 4.42 Å². The first-order valence-electron chi connectivity index (χ1n) is 5.68. The molecule has 1 aromatic heterocycles. The lowest BCUT2D eigenvalue weighted by atomic mass is 9.99. The van der Waals surface area contributed by atoms with Crippen LogP contribution < -0.4 is 0 Å². The van der Waals surface area contributed by atoms with Gasteiger partial charge in [-0.3, -0.25) is 4.79 Å². The Morgan fingerprint density at radius 1 is 0.941 bits per heavy atom. The van der Waals surface area contributed by atoms with Crippen LogP contribution in [0.3, 0.4) is 0 Å². The Bertz CT molecular complexity index is 559. The molecule has 0 spiro atoms. The molecule has 0 N–H and O–H groups in total. The summed E-state index contributed by atoms with van der Waals surface area (Å²) in [5.41, 5.74) is 3.50. The fourth-order valence-corrected chi connectivity index (χ4v) is 1.98. The smallest absolute Gasteiger partial charge is 0.196 e. The zero-order valence-corrected chi connectivity index (χ0v) is 10.6. The fraction of sp³-hybridized carbons (Fsp3) is 0.267. The Hall–Kier alpha value is -1.83. The van der Waals surface area contributed by atoms with E-state index < -0.39 is 0 Å². The van der Waals surface area contributed by atoms with E-state index in [2.05, 4.69) is 0 Å². The van der Waals surface area contributed by atoms with Crippen LogP contribution in [0.15, 0.2) is 28.7 Å². The van der Waals surface area contributed by atoms with Gasteiger partial charge in [-0.1, -0.05) is 29.8 Å². The van der Waals surface area contributed by atoms with Gasteiger partial charge in [0, 0.05) is 11.1 Å². The highest BCUT2D eigenvalue weighted by Gasteiger charge is 2.19. The van der Waals surface area contributed by atoms with Crippen LogP contribution in [-0.4, -0.2) is 5.78 Å². The molecule has 2 heteroatoms. The van der Waals surface area contributed by atoms with Crippen LogP contribution in [-0.2, 0) is 0 Å². The SMILES string of the molecule is Cc1ccc(C(=O)c2c(C)oc(C)c2C)cc1. The van der Waals surface area contributed by atoms with Gasteiger partial charge >= 0.3 is 0 Å². The molecule has 0 aliphatic heterocycles. The van der Waals surface area contributed by atoms with Crippen LogP contribution in [0.5, 0.6) is 0 Å². The van der Waals surface area contributed by atoms with Gasteiger partial charge in [0.1, 0.15) is 11.5 Å². The summed E-state index contributed by atoms with van der Waals surface area (Å²) < 4.78 is 5.49. The van der Waals surface area contributed by atoms with Crippen molar-refractivity contribution < 1.29 is 9.21 Å². The minimum absolute atomic E-state index is 0.0388. The van der Waals surface area contributed by atoms with Crippen LogP contribution in [0.4, 0.5) is 0 Å². The second-order valence-electron chi connectivity index (χ2n) is 4.41. The monoisotopic (exact) mass is 228 g/mol. The number of ketones is 1. The number of benzene rings is 1. The highest BCUT2D eigenvalue weighted by Crippen LogP contribution is 2.23. The molecule has 2 rings (SSSR count). The molecule has 2 nitrogen and oxygen atoms in total. The predicted molar refractivity (Wildman–Crippen MR) is 67.5 cm³/mol. The van der Waals surface area contributed by atoms with Gasteiger partial charge in [0.05, 0.1) is 5.56 Å². The molecular formula is C15H16O2. The maximum Gasteiger partial charge on any atom is 0.196 e. The Morgan fingerprint density at radius 2 is 1.53 bits per heavy atom. The molecule has 2 aromatic rings. The molecule has 88 valence electrons. The first-order valence-corrected chi connectivity index (χ1v) is 5.68. The Kier molecular flexibility index (Phi) is 2.88. The molecule has 0 aliphatic rings. The number of aryl methyl sites for hydroxylation is 3. The molecule has 0 saturated heterocycles. The third-order valence-corrected chi connectivity index (χ3v) is 3.10. The van der Waals surface area contributed by atoms with Crippen molar-refractivity contribution in [1.82, 2.24) is 0 Å². The van der Waals surface area contributed by atoms with E-state index in [0.29, 0.717) is 16.9 Å². The lowest BCUT2D eigenvalue weighted by Crippen LogP contribution is -2.03. The van der Waals surface area contributed by atoms with E-state index in [-0.39, 0.29) is 5.78 Å². The lowest BCUT2D eigenvalue weighted by molar-refractivity contribution is 0.103. The Morgan fingerprint density at radius 3 is 2.00 bits per heavy atom. The van der Waals surface area contributed by atoms with Crippen molar-refractivity contribution in [3.05, 3.63) is 58.0 Å². The average molecular weight is 228 g/mol.